The highest BCUT2D eigenvalue weighted by Gasteiger charge is 2.37. The van der Waals surface area contributed by atoms with Gasteiger partial charge in [0.25, 0.3) is 5.82 Å². The summed E-state index contributed by atoms with van der Waals surface area (Å²) in [6, 6.07) is 0. The zero-order chi connectivity index (χ0) is 22.8. The molecule has 4 aromatic rings. The Morgan fingerprint density at radius 2 is 2.12 bits per heavy atom. The largest absolute Gasteiger partial charge is 0.453 e. The molecule has 1 fully saturated rings. The molecule has 2 N–H and O–H groups in total. The summed E-state index contributed by atoms with van der Waals surface area (Å²) in [6.45, 7) is 2.51. The van der Waals surface area contributed by atoms with Crippen LogP contribution in [0.2, 0.25) is 0 Å². The number of rotatable bonds is 7. The van der Waals surface area contributed by atoms with Crippen molar-refractivity contribution < 1.29 is 27.4 Å². The van der Waals surface area contributed by atoms with Gasteiger partial charge >= 0.3 is 6.18 Å². The van der Waals surface area contributed by atoms with Gasteiger partial charge in [-0.3, -0.25) is 9.50 Å². The lowest BCUT2D eigenvalue weighted by Gasteiger charge is -2.22. The Hall–Kier alpha value is -3.36. The van der Waals surface area contributed by atoms with E-state index in [-0.39, 0.29) is 30.0 Å². The lowest BCUT2D eigenvalue weighted by molar-refractivity contribution is -0.144. The van der Waals surface area contributed by atoms with Gasteiger partial charge in [-0.25, -0.2) is 19.9 Å². The average molecular weight is 464 g/mol. The molecule has 33 heavy (non-hydrogen) atoms. The molecule has 0 amide bonds. The molecule has 1 atom stereocenters. The van der Waals surface area contributed by atoms with E-state index in [9.17, 15) is 13.2 Å². The fourth-order valence-electron chi connectivity index (χ4n) is 3.45. The minimum atomic E-state index is -4.68. The molecule has 0 saturated carbocycles. The van der Waals surface area contributed by atoms with Gasteiger partial charge in [0.1, 0.15) is 17.1 Å². The van der Waals surface area contributed by atoms with Gasteiger partial charge in [0, 0.05) is 30.8 Å². The van der Waals surface area contributed by atoms with Gasteiger partial charge in [-0.2, -0.15) is 13.2 Å². The maximum Gasteiger partial charge on any atom is 0.453 e. The molecular formula is C19H19F3N8O3. The summed E-state index contributed by atoms with van der Waals surface area (Å²) in [6.07, 6.45) is 2.45. The molecule has 1 saturated heterocycles. The Kier molecular flexibility index (Phi) is 5.78. The zero-order valence-electron chi connectivity index (χ0n) is 17.2. The van der Waals surface area contributed by atoms with E-state index in [1.165, 1.54) is 6.33 Å². The third kappa shape index (κ3) is 4.58. The third-order valence-electron chi connectivity index (χ3n) is 4.98. The van der Waals surface area contributed by atoms with Gasteiger partial charge in [-0.15, -0.1) is 5.10 Å². The normalized spacial score (nSPS) is 17.1. The van der Waals surface area contributed by atoms with Crippen LogP contribution in [-0.4, -0.2) is 72.0 Å². The number of nitrogens with one attached hydrogen (secondary N) is 2. The Bertz CT molecular complexity index is 1220. The molecule has 5 heterocycles. The summed E-state index contributed by atoms with van der Waals surface area (Å²) >= 11 is 0. The van der Waals surface area contributed by atoms with Crippen LogP contribution in [0.1, 0.15) is 17.8 Å². The predicted molar refractivity (Wildman–Crippen MR) is 106 cm³/mol. The van der Waals surface area contributed by atoms with Crippen LogP contribution in [0.15, 0.2) is 24.9 Å². The van der Waals surface area contributed by atoms with E-state index < -0.39 is 12.0 Å². The molecule has 1 aliphatic heterocycles. The Morgan fingerprint density at radius 1 is 1.21 bits per heavy atom. The highest BCUT2D eigenvalue weighted by molar-refractivity contribution is 5.76. The molecular weight excluding hydrogens is 445 g/mol. The fourth-order valence-corrected chi connectivity index (χ4v) is 3.45. The third-order valence-corrected chi connectivity index (χ3v) is 4.98. The van der Waals surface area contributed by atoms with E-state index in [0.29, 0.717) is 44.2 Å². The molecule has 0 radical (unpaired) electrons. The molecule has 14 heteroatoms. The van der Waals surface area contributed by atoms with Crippen molar-refractivity contribution in [3.05, 3.63) is 36.3 Å². The van der Waals surface area contributed by atoms with Crippen LogP contribution in [0.25, 0.3) is 28.7 Å². The fraction of sp³-hybridized carbons (Fsp3) is 0.421. The number of aromatic amines is 2. The number of hydrogen-bond donors (Lipinski definition) is 2. The first-order chi connectivity index (χ1) is 16.0. The van der Waals surface area contributed by atoms with E-state index in [1.807, 2.05) is 0 Å². The van der Waals surface area contributed by atoms with Crippen molar-refractivity contribution in [2.75, 3.05) is 26.4 Å². The topological polar surface area (TPSA) is 128 Å². The van der Waals surface area contributed by atoms with Crippen LogP contribution in [0.5, 0.6) is 0 Å². The summed E-state index contributed by atoms with van der Waals surface area (Å²) in [4.78, 5) is 19.3. The van der Waals surface area contributed by atoms with Gasteiger partial charge in [-0.05, 0) is 6.42 Å². The standard InChI is InChI=1S/C19H19F3N8O3/c20-19(21,22)17-27-16(28-29-17)14-15(13-6-23-10-25-13)30-7-11(5-24-18(30)26-14)8-31-2-1-12-9-32-3-4-33-12/h5-7,10,12H,1-4,8-9H2,(H,23,25)(H,27,28,29). The summed E-state index contributed by atoms with van der Waals surface area (Å²) in [5, 5.41) is 5.57. The number of nitrogens with zero attached hydrogens (tertiary/aromatic N) is 6. The molecule has 0 aromatic carbocycles. The minimum Gasteiger partial charge on any atom is -0.377 e. The predicted octanol–water partition coefficient (Wildman–Crippen LogP) is 2.25. The molecule has 1 unspecified atom stereocenters. The first kappa shape index (κ1) is 21.5. The van der Waals surface area contributed by atoms with Crippen LogP contribution in [-0.2, 0) is 27.0 Å². The number of halogens is 3. The van der Waals surface area contributed by atoms with Crippen molar-refractivity contribution in [3.63, 3.8) is 0 Å². The highest BCUT2D eigenvalue weighted by Crippen LogP contribution is 2.32. The van der Waals surface area contributed by atoms with E-state index in [0.717, 1.165) is 5.56 Å². The Labute approximate surface area is 184 Å². The SMILES string of the molecule is FC(F)(F)c1n[nH]c(-c2nc3ncc(COCCC4COCCO4)cn3c2-c2c[nH]cn2)n1. The van der Waals surface area contributed by atoms with E-state index in [1.54, 1.807) is 23.0 Å². The molecule has 11 nitrogen and oxygen atoms in total. The smallest absolute Gasteiger partial charge is 0.377 e. The molecule has 4 aromatic heterocycles. The van der Waals surface area contributed by atoms with E-state index in [2.05, 4.69) is 35.1 Å². The number of ether oxygens (including phenoxy) is 3. The molecule has 0 aliphatic carbocycles. The van der Waals surface area contributed by atoms with Crippen molar-refractivity contribution in [2.24, 2.45) is 0 Å². The number of alkyl halides is 3. The first-order valence-electron chi connectivity index (χ1n) is 10.1. The average Bonchev–Trinajstić information content (AvgIpc) is 3.55. The molecule has 0 spiro atoms. The maximum absolute atomic E-state index is 13.0. The number of H-pyrrole nitrogens is 2. The van der Waals surface area contributed by atoms with Crippen molar-refractivity contribution in [1.82, 2.24) is 39.5 Å². The van der Waals surface area contributed by atoms with E-state index in [4.69, 9.17) is 14.2 Å². The van der Waals surface area contributed by atoms with Crippen LogP contribution in [0, 0.1) is 0 Å². The van der Waals surface area contributed by atoms with Crippen molar-refractivity contribution in [2.45, 2.75) is 25.3 Å². The van der Waals surface area contributed by atoms with Crippen molar-refractivity contribution in [1.29, 1.82) is 0 Å². The van der Waals surface area contributed by atoms with E-state index >= 15 is 0 Å². The second-order valence-electron chi connectivity index (χ2n) is 7.31. The number of aromatic nitrogens is 8. The summed E-state index contributed by atoms with van der Waals surface area (Å²) in [7, 11) is 0. The molecule has 5 rings (SSSR count). The van der Waals surface area contributed by atoms with Gasteiger partial charge < -0.3 is 19.2 Å². The second kappa shape index (κ2) is 8.88. The quantitative estimate of drug-likeness (QED) is 0.399. The Morgan fingerprint density at radius 3 is 2.85 bits per heavy atom. The maximum atomic E-state index is 13.0. The van der Waals surface area contributed by atoms with Crippen molar-refractivity contribution in [3.8, 4) is 22.9 Å². The lowest BCUT2D eigenvalue weighted by atomic mass is 10.2. The van der Waals surface area contributed by atoms with Crippen LogP contribution in [0.4, 0.5) is 13.2 Å². The summed E-state index contributed by atoms with van der Waals surface area (Å²) in [5.74, 6) is -1.15. The number of hydrogen-bond acceptors (Lipinski definition) is 8. The van der Waals surface area contributed by atoms with Gasteiger partial charge in [-0.1, -0.05) is 0 Å². The summed E-state index contributed by atoms with van der Waals surface area (Å²) in [5.41, 5.74) is 1.76. The second-order valence-corrected chi connectivity index (χ2v) is 7.31. The Balaban J connectivity index is 1.41. The number of fused-ring (bicyclic) bond motifs is 1. The molecule has 0 bridgehead atoms. The minimum absolute atomic E-state index is 0.0188. The van der Waals surface area contributed by atoms with Gasteiger partial charge in [0.05, 0.1) is 38.9 Å². The zero-order valence-corrected chi connectivity index (χ0v) is 17.2. The van der Waals surface area contributed by atoms with Crippen LogP contribution < -0.4 is 0 Å². The van der Waals surface area contributed by atoms with Crippen LogP contribution in [0.3, 0.4) is 0 Å². The van der Waals surface area contributed by atoms with Crippen LogP contribution >= 0.6 is 0 Å². The van der Waals surface area contributed by atoms with Gasteiger partial charge in [0.2, 0.25) is 5.78 Å². The lowest BCUT2D eigenvalue weighted by Crippen LogP contribution is -2.29. The number of imidazole rings is 2. The highest BCUT2D eigenvalue weighted by atomic mass is 19.4. The molecule has 1 aliphatic rings. The monoisotopic (exact) mass is 464 g/mol. The first-order valence-corrected chi connectivity index (χ1v) is 10.1. The molecule has 174 valence electrons. The van der Waals surface area contributed by atoms with Crippen molar-refractivity contribution >= 4 is 5.78 Å². The summed E-state index contributed by atoms with van der Waals surface area (Å²) < 4.78 is 57.3. The van der Waals surface area contributed by atoms with Gasteiger partial charge in [0.15, 0.2) is 5.82 Å².